The van der Waals surface area contributed by atoms with Crippen LogP contribution in [0.15, 0.2) is 24.3 Å². The number of hydrogen-bond acceptors (Lipinski definition) is 3. The van der Waals surface area contributed by atoms with Gasteiger partial charge in [0.15, 0.2) is 0 Å². The Morgan fingerprint density at radius 3 is 2.50 bits per heavy atom. The lowest BCUT2D eigenvalue weighted by molar-refractivity contribution is -0.149. The van der Waals surface area contributed by atoms with Crippen LogP contribution in [0.5, 0.6) is 0 Å². The Balaban J connectivity index is 2.75. The molecule has 0 spiro atoms. The summed E-state index contributed by atoms with van der Waals surface area (Å²) in [5.74, 6) is -2.23. The zero-order chi connectivity index (χ0) is 13.7. The van der Waals surface area contributed by atoms with Crippen LogP contribution in [0.3, 0.4) is 0 Å². The Hall–Kier alpha value is -1.88. The van der Waals surface area contributed by atoms with Crippen molar-refractivity contribution < 1.29 is 19.8 Å². The lowest BCUT2D eigenvalue weighted by Crippen LogP contribution is -2.39. The molecule has 0 heterocycles. The van der Waals surface area contributed by atoms with Gasteiger partial charge in [-0.25, -0.2) is 0 Å². The van der Waals surface area contributed by atoms with Crippen LogP contribution < -0.4 is 0 Å². The molecule has 0 radical (unpaired) electrons. The molecule has 2 N–H and O–H groups in total. The van der Waals surface area contributed by atoms with Crippen molar-refractivity contribution in [2.75, 3.05) is 7.05 Å². The van der Waals surface area contributed by atoms with E-state index in [0.717, 1.165) is 11.1 Å². The molecule has 5 heteroatoms. The smallest absolute Gasteiger partial charge is 0.321 e. The van der Waals surface area contributed by atoms with Crippen LogP contribution in [-0.2, 0) is 16.1 Å². The van der Waals surface area contributed by atoms with Gasteiger partial charge in [-0.3, -0.25) is 14.5 Å². The van der Waals surface area contributed by atoms with Gasteiger partial charge in [0.25, 0.3) is 0 Å². The van der Waals surface area contributed by atoms with E-state index in [2.05, 4.69) is 0 Å². The van der Waals surface area contributed by atoms with Crippen molar-refractivity contribution >= 4 is 11.9 Å². The molecule has 0 saturated heterocycles. The van der Waals surface area contributed by atoms with Crippen molar-refractivity contribution in [3.63, 3.8) is 0 Å². The maximum absolute atomic E-state index is 11.0. The number of rotatable bonds is 6. The van der Waals surface area contributed by atoms with Gasteiger partial charge in [-0.15, -0.1) is 0 Å². The number of likely N-dealkylation sites (N-methyl/N-ethyl adjacent to an activating group) is 1. The minimum absolute atomic E-state index is 0.405. The fourth-order valence-electron chi connectivity index (χ4n) is 1.81. The van der Waals surface area contributed by atoms with Gasteiger partial charge in [0, 0.05) is 6.54 Å². The Morgan fingerprint density at radius 1 is 1.33 bits per heavy atom. The first-order chi connectivity index (χ1) is 8.40. The summed E-state index contributed by atoms with van der Waals surface area (Å²) >= 11 is 0. The average Bonchev–Trinajstić information content (AvgIpc) is 2.25. The molecule has 1 atom stereocenters. The summed E-state index contributed by atoms with van der Waals surface area (Å²) in [5, 5.41) is 17.7. The number of hydrogen-bond donors (Lipinski definition) is 2. The highest BCUT2D eigenvalue weighted by molar-refractivity contribution is 5.80. The van der Waals surface area contributed by atoms with Crippen LogP contribution in [-0.4, -0.2) is 40.1 Å². The third kappa shape index (κ3) is 4.18. The molecule has 0 amide bonds. The molecule has 1 aromatic carbocycles. The molecule has 0 aliphatic rings. The van der Waals surface area contributed by atoms with Gasteiger partial charge in [-0.05, 0) is 19.5 Å². The molecule has 0 fully saturated rings. The van der Waals surface area contributed by atoms with Gasteiger partial charge in [-0.2, -0.15) is 0 Å². The second-order valence-corrected chi connectivity index (χ2v) is 4.36. The zero-order valence-corrected chi connectivity index (χ0v) is 10.5. The molecule has 0 aliphatic heterocycles. The van der Waals surface area contributed by atoms with Crippen LogP contribution in [0.4, 0.5) is 0 Å². The largest absolute Gasteiger partial charge is 0.481 e. The van der Waals surface area contributed by atoms with E-state index < -0.39 is 24.4 Å². The summed E-state index contributed by atoms with van der Waals surface area (Å²) in [6.45, 7) is 2.36. The van der Waals surface area contributed by atoms with Gasteiger partial charge in [-0.1, -0.05) is 29.8 Å². The van der Waals surface area contributed by atoms with Crippen LogP contribution >= 0.6 is 0 Å². The van der Waals surface area contributed by atoms with Gasteiger partial charge in [0.2, 0.25) is 0 Å². The molecular formula is C13H17NO4. The molecule has 5 nitrogen and oxygen atoms in total. The summed E-state index contributed by atoms with van der Waals surface area (Å²) < 4.78 is 0. The van der Waals surface area contributed by atoms with Gasteiger partial charge in [0.05, 0.1) is 6.42 Å². The lowest BCUT2D eigenvalue weighted by atomic mass is 10.1. The SMILES string of the molecule is Cc1cccc(CN(C)C(CC(=O)O)C(=O)O)c1. The van der Waals surface area contributed by atoms with E-state index in [0.29, 0.717) is 6.54 Å². The van der Waals surface area contributed by atoms with Crippen molar-refractivity contribution in [3.05, 3.63) is 35.4 Å². The molecular weight excluding hydrogens is 234 g/mol. The summed E-state index contributed by atoms with van der Waals surface area (Å²) in [5.41, 5.74) is 2.06. The fraction of sp³-hybridized carbons (Fsp3) is 0.385. The van der Waals surface area contributed by atoms with Gasteiger partial charge >= 0.3 is 11.9 Å². The fourth-order valence-corrected chi connectivity index (χ4v) is 1.81. The van der Waals surface area contributed by atoms with E-state index in [1.165, 1.54) is 4.90 Å². The lowest BCUT2D eigenvalue weighted by Gasteiger charge is -2.23. The monoisotopic (exact) mass is 251 g/mol. The molecule has 0 saturated carbocycles. The van der Waals surface area contributed by atoms with Crippen LogP contribution in [0.25, 0.3) is 0 Å². The summed E-state index contributed by atoms with van der Waals surface area (Å²) in [6, 6.07) is 6.68. The maximum Gasteiger partial charge on any atom is 0.321 e. The second kappa shape index (κ2) is 6.16. The van der Waals surface area contributed by atoms with Crippen LogP contribution in [0.1, 0.15) is 17.5 Å². The van der Waals surface area contributed by atoms with Crippen molar-refractivity contribution in [3.8, 4) is 0 Å². The highest BCUT2D eigenvalue weighted by Crippen LogP contribution is 2.11. The van der Waals surface area contributed by atoms with E-state index in [9.17, 15) is 9.59 Å². The Kier molecular flexibility index (Phi) is 4.85. The maximum atomic E-state index is 11.0. The van der Waals surface area contributed by atoms with Crippen molar-refractivity contribution in [2.24, 2.45) is 0 Å². The van der Waals surface area contributed by atoms with Crippen LogP contribution in [0, 0.1) is 6.92 Å². The topological polar surface area (TPSA) is 77.8 Å². The molecule has 0 aliphatic carbocycles. The van der Waals surface area contributed by atoms with Crippen LogP contribution in [0.2, 0.25) is 0 Å². The molecule has 98 valence electrons. The third-order valence-electron chi connectivity index (χ3n) is 2.70. The van der Waals surface area contributed by atoms with Crippen molar-refractivity contribution in [1.82, 2.24) is 4.90 Å². The highest BCUT2D eigenvalue weighted by Gasteiger charge is 2.25. The van der Waals surface area contributed by atoms with Gasteiger partial charge < -0.3 is 10.2 Å². The first kappa shape index (κ1) is 14.2. The number of aliphatic carboxylic acids is 2. The number of nitrogens with zero attached hydrogens (tertiary/aromatic N) is 1. The second-order valence-electron chi connectivity index (χ2n) is 4.36. The predicted molar refractivity (Wildman–Crippen MR) is 66.3 cm³/mol. The Labute approximate surface area is 106 Å². The van der Waals surface area contributed by atoms with E-state index in [4.69, 9.17) is 10.2 Å². The standard InChI is InChI=1S/C13H17NO4/c1-9-4-3-5-10(6-9)8-14(2)11(13(17)18)7-12(15)16/h3-6,11H,7-8H2,1-2H3,(H,15,16)(H,17,18). The molecule has 1 rings (SSSR count). The summed E-state index contributed by atoms with van der Waals surface area (Å²) in [6.07, 6.45) is -0.405. The first-order valence-corrected chi connectivity index (χ1v) is 5.60. The van der Waals surface area contributed by atoms with E-state index in [1.54, 1.807) is 7.05 Å². The molecule has 1 unspecified atom stereocenters. The third-order valence-corrected chi connectivity index (χ3v) is 2.70. The van der Waals surface area contributed by atoms with E-state index in [-0.39, 0.29) is 0 Å². The molecule has 0 bridgehead atoms. The number of benzene rings is 1. The van der Waals surface area contributed by atoms with E-state index in [1.807, 2.05) is 31.2 Å². The number of carboxylic acids is 2. The van der Waals surface area contributed by atoms with Gasteiger partial charge in [0.1, 0.15) is 6.04 Å². The number of aryl methyl sites for hydroxylation is 1. The summed E-state index contributed by atoms with van der Waals surface area (Å²) in [4.78, 5) is 23.2. The zero-order valence-electron chi connectivity index (χ0n) is 10.5. The number of carboxylic acid groups (broad SMARTS) is 2. The minimum atomic E-state index is -1.12. The van der Waals surface area contributed by atoms with Crippen molar-refractivity contribution in [2.45, 2.75) is 25.9 Å². The summed E-state index contributed by atoms with van der Waals surface area (Å²) in [7, 11) is 1.62. The quantitative estimate of drug-likeness (QED) is 0.798. The minimum Gasteiger partial charge on any atom is -0.481 e. The van der Waals surface area contributed by atoms with E-state index >= 15 is 0 Å². The average molecular weight is 251 g/mol. The first-order valence-electron chi connectivity index (χ1n) is 5.60. The Bertz CT molecular complexity index is 444. The predicted octanol–water partition coefficient (Wildman–Crippen LogP) is 1.35. The molecule has 18 heavy (non-hydrogen) atoms. The highest BCUT2D eigenvalue weighted by atomic mass is 16.4. The molecule has 1 aromatic rings. The van der Waals surface area contributed by atoms with Crippen molar-refractivity contribution in [1.29, 1.82) is 0 Å². The number of carbonyl (C=O) groups is 2. The normalized spacial score (nSPS) is 12.4. The Morgan fingerprint density at radius 2 is 2.00 bits per heavy atom. The molecule has 0 aromatic heterocycles.